The molecule has 6 heteroatoms. The standard InChI is InChI=1S/C14H20N5.Re/c1-4-10-5-6-14(2,3)8-19(10)13-11-7-17-18-12(11)15-9-16-13;/h7,9-10H,4-6,8H2,1-3H3;/q-1;. The smallest absolute Gasteiger partial charge is 0.137 e. The molecule has 109 valence electrons. The molecule has 0 saturated carbocycles. The molecule has 0 aromatic carbocycles. The Bertz CT molecular complexity index is 580. The van der Waals surface area contributed by atoms with Crippen LogP contribution in [0.5, 0.6) is 0 Å². The molecule has 2 aromatic rings. The molecule has 1 atom stereocenters. The van der Waals surface area contributed by atoms with Crippen molar-refractivity contribution < 1.29 is 20.4 Å². The van der Waals surface area contributed by atoms with E-state index in [4.69, 9.17) is 0 Å². The van der Waals surface area contributed by atoms with Gasteiger partial charge >= 0.3 is 0 Å². The van der Waals surface area contributed by atoms with Gasteiger partial charge in [-0.2, -0.15) is 0 Å². The van der Waals surface area contributed by atoms with Crippen LogP contribution in [-0.4, -0.2) is 27.7 Å². The number of hydrogen-bond donors (Lipinski definition) is 0. The van der Waals surface area contributed by atoms with Gasteiger partial charge in [0, 0.05) is 50.9 Å². The van der Waals surface area contributed by atoms with E-state index in [1.807, 2.05) is 0 Å². The van der Waals surface area contributed by atoms with Crippen molar-refractivity contribution in [3.63, 3.8) is 0 Å². The number of fused-ring (bicyclic) bond motifs is 1. The van der Waals surface area contributed by atoms with E-state index in [0.717, 1.165) is 24.2 Å². The number of piperidine rings is 1. The Hall–Kier alpha value is -0.988. The van der Waals surface area contributed by atoms with Gasteiger partial charge < -0.3 is 15.0 Å². The molecule has 0 amide bonds. The van der Waals surface area contributed by atoms with Gasteiger partial charge in [0.05, 0.1) is 0 Å². The molecule has 2 aromatic heterocycles. The average Bonchev–Trinajstić information content (AvgIpc) is 2.85. The summed E-state index contributed by atoms with van der Waals surface area (Å²) in [6.45, 7) is 7.93. The molecule has 1 aliphatic heterocycles. The first-order valence-electron chi connectivity index (χ1n) is 6.96. The topological polar surface area (TPSA) is 56.0 Å². The third-order valence-electron chi connectivity index (χ3n) is 4.12. The van der Waals surface area contributed by atoms with Crippen molar-refractivity contribution in [2.45, 2.75) is 46.1 Å². The van der Waals surface area contributed by atoms with E-state index in [1.54, 1.807) is 12.5 Å². The van der Waals surface area contributed by atoms with E-state index in [0.29, 0.717) is 17.1 Å². The number of rotatable bonds is 2. The van der Waals surface area contributed by atoms with E-state index in [1.165, 1.54) is 12.8 Å². The van der Waals surface area contributed by atoms with Crippen LogP contribution in [0.1, 0.15) is 40.0 Å². The van der Waals surface area contributed by atoms with Gasteiger partial charge in [-0.25, -0.2) is 4.98 Å². The van der Waals surface area contributed by atoms with Crippen molar-refractivity contribution in [2.75, 3.05) is 11.4 Å². The van der Waals surface area contributed by atoms with Gasteiger partial charge in [-0.3, -0.25) is 5.10 Å². The minimum atomic E-state index is 0. The van der Waals surface area contributed by atoms with Crippen LogP contribution in [0.15, 0.2) is 12.5 Å². The Labute approximate surface area is 133 Å². The monoisotopic (exact) mass is 445 g/mol. The summed E-state index contributed by atoms with van der Waals surface area (Å²) in [4.78, 5) is 11.1. The average molecular weight is 445 g/mol. The second-order valence-electron chi connectivity index (χ2n) is 6.17. The summed E-state index contributed by atoms with van der Waals surface area (Å²) in [6.07, 6.45) is 7.01. The summed E-state index contributed by atoms with van der Waals surface area (Å²) in [5.41, 5.74) is 1.03. The zero-order valence-corrected chi connectivity index (χ0v) is 14.9. The van der Waals surface area contributed by atoms with Crippen LogP contribution in [-0.2, 0) is 20.4 Å². The predicted octanol–water partition coefficient (Wildman–Crippen LogP) is 2.38. The van der Waals surface area contributed by atoms with Gasteiger partial charge in [-0.1, -0.05) is 20.8 Å². The molecule has 5 nitrogen and oxygen atoms in total. The normalized spacial score (nSPS) is 21.8. The first kappa shape index (κ1) is 15.4. The molecule has 0 spiro atoms. The maximum absolute atomic E-state index is 4.50. The maximum atomic E-state index is 4.50. The molecule has 1 unspecified atom stereocenters. The molecule has 1 saturated heterocycles. The number of aromatic nitrogens is 4. The summed E-state index contributed by atoms with van der Waals surface area (Å²) in [5, 5.41) is 8.97. The SMILES string of the molecule is CCC1CCC(C)(C)CN1c1ncnc2[n-]ncc12.[Re]. The molecular weight excluding hydrogens is 424 g/mol. The van der Waals surface area contributed by atoms with Crippen LogP contribution in [0.3, 0.4) is 0 Å². The molecule has 1 fully saturated rings. The molecule has 3 heterocycles. The van der Waals surface area contributed by atoms with Crippen molar-refractivity contribution in [2.24, 2.45) is 5.41 Å². The summed E-state index contributed by atoms with van der Waals surface area (Å²) in [7, 11) is 0. The molecular formula is C14H20N5Re-. The minimum absolute atomic E-state index is 0. The fourth-order valence-electron chi connectivity index (χ4n) is 3.00. The van der Waals surface area contributed by atoms with Crippen molar-refractivity contribution in [1.82, 2.24) is 20.2 Å². The van der Waals surface area contributed by atoms with Crippen molar-refractivity contribution in [3.8, 4) is 0 Å². The second-order valence-corrected chi connectivity index (χ2v) is 6.17. The number of anilines is 1. The Morgan fingerprint density at radius 1 is 1.40 bits per heavy atom. The van der Waals surface area contributed by atoms with Gasteiger partial charge in [-0.15, -0.1) is 0 Å². The van der Waals surface area contributed by atoms with Gasteiger partial charge in [0.2, 0.25) is 0 Å². The van der Waals surface area contributed by atoms with E-state index >= 15 is 0 Å². The zero-order valence-electron chi connectivity index (χ0n) is 12.2. The van der Waals surface area contributed by atoms with E-state index < -0.39 is 0 Å². The molecule has 20 heavy (non-hydrogen) atoms. The first-order chi connectivity index (χ1) is 9.11. The molecule has 0 aliphatic carbocycles. The Morgan fingerprint density at radius 3 is 2.95 bits per heavy atom. The predicted molar refractivity (Wildman–Crippen MR) is 75.1 cm³/mol. The molecule has 0 bridgehead atoms. The van der Waals surface area contributed by atoms with Crippen LogP contribution in [0.4, 0.5) is 5.82 Å². The number of nitrogens with zero attached hydrogens (tertiary/aromatic N) is 5. The van der Waals surface area contributed by atoms with Crippen LogP contribution < -0.4 is 10.00 Å². The van der Waals surface area contributed by atoms with Crippen LogP contribution in [0, 0.1) is 5.41 Å². The molecule has 3 rings (SSSR count). The minimum Gasteiger partial charge on any atom is -0.425 e. The Balaban J connectivity index is 0.00000147. The van der Waals surface area contributed by atoms with Crippen molar-refractivity contribution >= 4 is 16.9 Å². The van der Waals surface area contributed by atoms with Crippen LogP contribution >= 0.6 is 0 Å². The van der Waals surface area contributed by atoms with Crippen molar-refractivity contribution in [3.05, 3.63) is 12.5 Å². The van der Waals surface area contributed by atoms with Gasteiger partial charge in [-0.05, 0) is 30.3 Å². The second kappa shape index (κ2) is 5.79. The maximum Gasteiger partial charge on any atom is 0.137 e. The zero-order chi connectivity index (χ0) is 13.5. The fraction of sp³-hybridized carbons (Fsp3) is 0.643. The summed E-state index contributed by atoms with van der Waals surface area (Å²) in [6, 6.07) is 0.557. The van der Waals surface area contributed by atoms with E-state index in [9.17, 15) is 0 Å². The first-order valence-corrected chi connectivity index (χ1v) is 6.96. The summed E-state index contributed by atoms with van der Waals surface area (Å²) >= 11 is 0. The largest absolute Gasteiger partial charge is 0.425 e. The van der Waals surface area contributed by atoms with Gasteiger partial charge in [0.25, 0.3) is 0 Å². The molecule has 0 N–H and O–H groups in total. The van der Waals surface area contributed by atoms with Crippen LogP contribution in [0.25, 0.3) is 11.0 Å². The van der Waals surface area contributed by atoms with E-state index in [-0.39, 0.29) is 20.4 Å². The van der Waals surface area contributed by atoms with Gasteiger partial charge in [0.1, 0.15) is 5.82 Å². The third kappa shape index (κ3) is 2.72. The van der Waals surface area contributed by atoms with Crippen LogP contribution in [0.2, 0.25) is 0 Å². The van der Waals surface area contributed by atoms with Gasteiger partial charge in [0.15, 0.2) is 0 Å². The molecule has 1 aliphatic rings. The Kier molecular flexibility index (Phi) is 4.46. The third-order valence-corrected chi connectivity index (χ3v) is 4.12. The number of hydrogen-bond acceptors (Lipinski definition) is 4. The quantitative estimate of drug-likeness (QED) is 0.712. The molecule has 1 radical (unpaired) electrons. The fourth-order valence-corrected chi connectivity index (χ4v) is 3.00. The summed E-state index contributed by atoms with van der Waals surface area (Å²) < 4.78 is 0. The summed E-state index contributed by atoms with van der Waals surface area (Å²) in [5.74, 6) is 0.995. The Morgan fingerprint density at radius 2 is 2.20 bits per heavy atom. The van der Waals surface area contributed by atoms with Crippen molar-refractivity contribution in [1.29, 1.82) is 0 Å². The van der Waals surface area contributed by atoms with E-state index in [2.05, 4.69) is 45.8 Å².